The highest BCUT2D eigenvalue weighted by Crippen LogP contribution is 2.37. The van der Waals surface area contributed by atoms with E-state index in [1.807, 2.05) is 0 Å². The molecule has 0 aromatic heterocycles. The molecule has 0 spiro atoms. The molecule has 0 bridgehead atoms. The van der Waals surface area contributed by atoms with Crippen molar-refractivity contribution in [2.24, 2.45) is 0 Å². The maximum absolute atomic E-state index is 3.68. The van der Waals surface area contributed by atoms with Crippen LogP contribution in [0, 0.1) is 0 Å². The van der Waals surface area contributed by atoms with Crippen LogP contribution in [-0.2, 0) is 5.41 Å². The highest BCUT2D eigenvalue weighted by atomic mass is 14.9. The Morgan fingerprint density at radius 2 is 1.61 bits per heavy atom. The molecule has 2 rings (SSSR count). The van der Waals surface area contributed by atoms with Gasteiger partial charge in [-0.3, -0.25) is 0 Å². The summed E-state index contributed by atoms with van der Waals surface area (Å²) in [6.45, 7) is 5.62. The lowest BCUT2D eigenvalue weighted by atomic mass is 9.74. The van der Waals surface area contributed by atoms with E-state index < -0.39 is 0 Å². The Hall–Kier alpha value is -0.820. The molecule has 0 radical (unpaired) electrons. The quantitative estimate of drug-likeness (QED) is 0.781. The molecule has 100 valence electrons. The normalized spacial score (nSPS) is 19.7. The second kappa shape index (κ2) is 6.38. The summed E-state index contributed by atoms with van der Waals surface area (Å²) in [6, 6.07) is 11.7. The summed E-state index contributed by atoms with van der Waals surface area (Å²) in [6.07, 6.45) is 8.28. The molecular formula is C17H27N. The van der Waals surface area contributed by atoms with Crippen LogP contribution in [0.4, 0.5) is 0 Å². The second-order valence-corrected chi connectivity index (χ2v) is 6.10. The third kappa shape index (κ3) is 3.35. The Labute approximate surface area is 112 Å². The molecule has 1 aromatic rings. The van der Waals surface area contributed by atoms with Gasteiger partial charge in [0.05, 0.1) is 0 Å². The summed E-state index contributed by atoms with van der Waals surface area (Å²) in [5.41, 5.74) is 1.92. The van der Waals surface area contributed by atoms with Crippen molar-refractivity contribution in [3.05, 3.63) is 35.9 Å². The number of hydrogen-bond acceptors (Lipinski definition) is 1. The smallest absolute Gasteiger partial charge is 0.00778 e. The van der Waals surface area contributed by atoms with Crippen LogP contribution in [0.2, 0.25) is 0 Å². The van der Waals surface area contributed by atoms with E-state index in [0.29, 0.717) is 11.5 Å². The van der Waals surface area contributed by atoms with Gasteiger partial charge in [0.15, 0.2) is 0 Å². The van der Waals surface area contributed by atoms with Crippen molar-refractivity contribution < 1.29 is 0 Å². The standard InChI is InChI=1S/C17H27N/c1-15(2)18-14-17(12-8-3-4-9-13-17)16-10-6-5-7-11-16/h5-7,10-11,15,18H,3-4,8-9,12-14H2,1-2H3. The highest BCUT2D eigenvalue weighted by Gasteiger charge is 2.32. The minimum atomic E-state index is 0.377. The molecule has 1 aromatic carbocycles. The van der Waals surface area contributed by atoms with E-state index in [4.69, 9.17) is 0 Å². The zero-order valence-corrected chi connectivity index (χ0v) is 11.9. The molecule has 0 atom stereocenters. The van der Waals surface area contributed by atoms with Gasteiger partial charge in [-0.25, -0.2) is 0 Å². The van der Waals surface area contributed by atoms with Gasteiger partial charge in [0.25, 0.3) is 0 Å². The first-order valence-corrected chi connectivity index (χ1v) is 7.52. The number of nitrogens with one attached hydrogen (secondary N) is 1. The van der Waals surface area contributed by atoms with Gasteiger partial charge in [-0.1, -0.05) is 69.9 Å². The van der Waals surface area contributed by atoms with Crippen LogP contribution in [0.25, 0.3) is 0 Å². The van der Waals surface area contributed by atoms with Crippen molar-refractivity contribution in [1.82, 2.24) is 5.32 Å². The van der Waals surface area contributed by atoms with Crippen LogP contribution in [0.5, 0.6) is 0 Å². The first-order valence-electron chi connectivity index (χ1n) is 7.52. The molecule has 0 heterocycles. The minimum absolute atomic E-state index is 0.377. The maximum atomic E-state index is 3.68. The Kier molecular flexibility index (Phi) is 4.82. The first-order chi connectivity index (χ1) is 8.73. The molecule has 1 fully saturated rings. The first kappa shape index (κ1) is 13.6. The number of benzene rings is 1. The molecule has 1 saturated carbocycles. The van der Waals surface area contributed by atoms with Gasteiger partial charge < -0.3 is 5.32 Å². The predicted octanol–water partition coefficient (Wildman–Crippen LogP) is 4.28. The molecule has 1 aliphatic rings. The largest absolute Gasteiger partial charge is 0.314 e. The van der Waals surface area contributed by atoms with Crippen LogP contribution in [0.3, 0.4) is 0 Å². The highest BCUT2D eigenvalue weighted by molar-refractivity contribution is 5.26. The monoisotopic (exact) mass is 245 g/mol. The fourth-order valence-corrected chi connectivity index (χ4v) is 3.16. The second-order valence-electron chi connectivity index (χ2n) is 6.10. The van der Waals surface area contributed by atoms with Gasteiger partial charge in [0.1, 0.15) is 0 Å². The molecule has 0 amide bonds. The van der Waals surface area contributed by atoms with E-state index >= 15 is 0 Å². The average molecular weight is 245 g/mol. The summed E-state index contributed by atoms with van der Waals surface area (Å²) in [5.74, 6) is 0. The van der Waals surface area contributed by atoms with E-state index in [9.17, 15) is 0 Å². The molecule has 1 N–H and O–H groups in total. The van der Waals surface area contributed by atoms with Crippen molar-refractivity contribution >= 4 is 0 Å². The summed E-state index contributed by atoms with van der Waals surface area (Å²) in [4.78, 5) is 0. The summed E-state index contributed by atoms with van der Waals surface area (Å²) in [7, 11) is 0. The third-order valence-corrected chi connectivity index (χ3v) is 4.30. The lowest BCUT2D eigenvalue weighted by Crippen LogP contribution is -2.40. The molecule has 1 nitrogen and oxygen atoms in total. The lowest BCUT2D eigenvalue weighted by molar-refractivity contribution is 0.336. The van der Waals surface area contributed by atoms with Crippen LogP contribution in [0.15, 0.2) is 30.3 Å². The molecule has 18 heavy (non-hydrogen) atoms. The topological polar surface area (TPSA) is 12.0 Å². The Balaban J connectivity index is 2.20. The molecule has 1 aliphatic carbocycles. The number of rotatable bonds is 4. The third-order valence-electron chi connectivity index (χ3n) is 4.30. The Morgan fingerprint density at radius 1 is 1.00 bits per heavy atom. The SMILES string of the molecule is CC(C)NCC1(c2ccccc2)CCCCCC1. The van der Waals surface area contributed by atoms with Crippen LogP contribution >= 0.6 is 0 Å². The zero-order valence-electron chi connectivity index (χ0n) is 11.9. The molecule has 0 saturated heterocycles. The van der Waals surface area contributed by atoms with Crippen molar-refractivity contribution in [1.29, 1.82) is 0 Å². The van der Waals surface area contributed by atoms with E-state index in [0.717, 1.165) is 6.54 Å². The Bertz CT molecular complexity index is 334. The van der Waals surface area contributed by atoms with Gasteiger partial charge in [0, 0.05) is 18.0 Å². The van der Waals surface area contributed by atoms with Gasteiger partial charge in [-0.05, 0) is 18.4 Å². The van der Waals surface area contributed by atoms with Crippen LogP contribution < -0.4 is 5.32 Å². The zero-order chi connectivity index (χ0) is 12.8. The molecular weight excluding hydrogens is 218 g/mol. The fraction of sp³-hybridized carbons (Fsp3) is 0.647. The molecule has 1 heteroatoms. The minimum Gasteiger partial charge on any atom is -0.314 e. The van der Waals surface area contributed by atoms with E-state index in [1.165, 1.54) is 38.5 Å². The van der Waals surface area contributed by atoms with Crippen LogP contribution in [0.1, 0.15) is 57.9 Å². The summed E-state index contributed by atoms with van der Waals surface area (Å²) >= 11 is 0. The van der Waals surface area contributed by atoms with E-state index in [-0.39, 0.29) is 0 Å². The van der Waals surface area contributed by atoms with Crippen molar-refractivity contribution in [3.8, 4) is 0 Å². The Morgan fingerprint density at radius 3 is 2.17 bits per heavy atom. The summed E-state index contributed by atoms with van der Waals surface area (Å²) in [5, 5.41) is 3.68. The summed E-state index contributed by atoms with van der Waals surface area (Å²) < 4.78 is 0. The van der Waals surface area contributed by atoms with Gasteiger partial charge in [-0.2, -0.15) is 0 Å². The average Bonchev–Trinajstić information content (AvgIpc) is 2.64. The lowest BCUT2D eigenvalue weighted by Gasteiger charge is -2.34. The number of hydrogen-bond donors (Lipinski definition) is 1. The maximum Gasteiger partial charge on any atom is 0.00778 e. The fourth-order valence-electron chi connectivity index (χ4n) is 3.16. The van der Waals surface area contributed by atoms with Crippen molar-refractivity contribution in [2.45, 2.75) is 63.8 Å². The van der Waals surface area contributed by atoms with E-state index in [1.54, 1.807) is 5.56 Å². The van der Waals surface area contributed by atoms with Crippen molar-refractivity contribution in [2.75, 3.05) is 6.54 Å². The van der Waals surface area contributed by atoms with Gasteiger partial charge in [-0.15, -0.1) is 0 Å². The van der Waals surface area contributed by atoms with Gasteiger partial charge >= 0.3 is 0 Å². The molecule has 0 aliphatic heterocycles. The van der Waals surface area contributed by atoms with E-state index in [2.05, 4.69) is 49.5 Å². The van der Waals surface area contributed by atoms with Crippen LogP contribution in [-0.4, -0.2) is 12.6 Å². The predicted molar refractivity (Wildman–Crippen MR) is 79.0 cm³/mol. The van der Waals surface area contributed by atoms with Crippen molar-refractivity contribution in [3.63, 3.8) is 0 Å². The molecule has 0 unspecified atom stereocenters. The van der Waals surface area contributed by atoms with Gasteiger partial charge in [0.2, 0.25) is 0 Å².